The van der Waals surface area contributed by atoms with E-state index in [4.69, 9.17) is 16.3 Å². The second-order valence-corrected chi connectivity index (χ2v) is 8.00. The number of carbonyl (C=O) groups is 1. The molecule has 0 aromatic heterocycles. The van der Waals surface area contributed by atoms with Gasteiger partial charge in [-0.25, -0.2) is 0 Å². The number of hydrogen-bond acceptors (Lipinski definition) is 3. The zero-order chi connectivity index (χ0) is 22.2. The number of ether oxygens (including phenoxy) is 1. The van der Waals surface area contributed by atoms with Crippen LogP contribution in [0.2, 0.25) is 5.02 Å². The van der Waals surface area contributed by atoms with Crippen molar-refractivity contribution >= 4 is 17.5 Å². The van der Waals surface area contributed by atoms with Crippen molar-refractivity contribution < 1.29 is 9.53 Å². The molecular weight excluding hydrogens is 408 g/mol. The van der Waals surface area contributed by atoms with Crippen LogP contribution in [0.4, 0.5) is 0 Å². The summed E-state index contributed by atoms with van der Waals surface area (Å²) in [5.74, 6) is 0.643. The molecule has 1 atom stereocenters. The Labute approximate surface area is 189 Å². The molecule has 0 heterocycles. The van der Waals surface area contributed by atoms with E-state index in [1.807, 2.05) is 24.3 Å². The zero-order valence-electron chi connectivity index (χ0n) is 18.2. The van der Waals surface area contributed by atoms with Gasteiger partial charge in [0.05, 0.1) is 5.02 Å². The molecule has 0 aliphatic rings. The fraction of sp³-hybridized carbons (Fsp3) is 0.269. The molecule has 0 bridgehead atoms. The first kappa shape index (κ1) is 22.9. The highest BCUT2D eigenvalue weighted by Gasteiger charge is 2.11. The predicted octanol–water partition coefficient (Wildman–Crippen LogP) is 5.68. The minimum Gasteiger partial charge on any atom is -0.487 e. The van der Waals surface area contributed by atoms with Crippen LogP contribution >= 0.6 is 11.6 Å². The number of halogens is 1. The van der Waals surface area contributed by atoms with Crippen LogP contribution in [-0.2, 0) is 11.4 Å². The molecule has 3 aromatic carbocycles. The Hall–Kier alpha value is -2.82. The molecule has 0 aliphatic carbocycles. The Balaban J connectivity index is 1.63. The van der Waals surface area contributed by atoms with Crippen LogP contribution in [0.3, 0.4) is 0 Å². The van der Waals surface area contributed by atoms with E-state index in [1.165, 1.54) is 23.6 Å². The fourth-order valence-electron chi connectivity index (χ4n) is 3.47. The lowest BCUT2D eigenvalue weighted by atomic mass is 9.97. The van der Waals surface area contributed by atoms with E-state index in [0.29, 0.717) is 30.5 Å². The van der Waals surface area contributed by atoms with Gasteiger partial charge in [-0.05, 0) is 53.8 Å². The number of rotatable bonds is 9. The molecule has 31 heavy (non-hydrogen) atoms. The Morgan fingerprint density at radius 3 is 2.52 bits per heavy atom. The van der Waals surface area contributed by atoms with Crippen molar-refractivity contribution in [1.82, 2.24) is 10.6 Å². The van der Waals surface area contributed by atoms with E-state index in [9.17, 15) is 4.79 Å². The summed E-state index contributed by atoms with van der Waals surface area (Å²) in [4.78, 5) is 10.9. The number of benzene rings is 3. The highest BCUT2D eigenvalue weighted by molar-refractivity contribution is 6.32. The van der Waals surface area contributed by atoms with Gasteiger partial charge < -0.3 is 15.4 Å². The van der Waals surface area contributed by atoms with E-state index in [0.717, 1.165) is 11.1 Å². The second kappa shape index (κ2) is 11.0. The molecule has 5 heteroatoms. The molecule has 1 unspecified atom stereocenters. The monoisotopic (exact) mass is 436 g/mol. The highest BCUT2D eigenvalue weighted by Crippen LogP contribution is 2.30. The van der Waals surface area contributed by atoms with Gasteiger partial charge >= 0.3 is 0 Å². The summed E-state index contributed by atoms with van der Waals surface area (Å²) >= 11 is 6.50. The minimum absolute atomic E-state index is 0.0245. The number of carbonyl (C=O) groups excluding carboxylic acids is 1. The van der Waals surface area contributed by atoms with Crippen molar-refractivity contribution in [3.05, 3.63) is 88.4 Å². The van der Waals surface area contributed by atoms with E-state index in [1.54, 1.807) is 0 Å². The minimum atomic E-state index is -0.0245. The molecule has 162 valence electrons. The van der Waals surface area contributed by atoms with Crippen molar-refractivity contribution in [2.75, 3.05) is 13.1 Å². The van der Waals surface area contributed by atoms with Crippen molar-refractivity contribution in [1.29, 1.82) is 0 Å². The van der Waals surface area contributed by atoms with Crippen molar-refractivity contribution in [3.63, 3.8) is 0 Å². The number of nitrogens with one attached hydrogen (secondary N) is 2. The third-order valence-corrected chi connectivity index (χ3v) is 5.61. The molecule has 3 aromatic rings. The molecule has 0 aliphatic heterocycles. The summed E-state index contributed by atoms with van der Waals surface area (Å²) in [6.45, 7) is 7.44. The SMILES string of the molecule is CC(=O)NCCNC(C)c1ccc(OCc2cccc(-c3ccccc3)c2C)c(Cl)c1. The number of hydrogen-bond donors (Lipinski definition) is 2. The van der Waals surface area contributed by atoms with Gasteiger partial charge in [0.25, 0.3) is 0 Å². The lowest BCUT2D eigenvalue weighted by Gasteiger charge is -2.17. The van der Waals surface area contributed by atoms with E-state index < -0.39 is 0 Å². The van der Waals surface area contributed by atoms with Gasteiger partial charge in [-0.15, -0.1) is 0 Å². The molecule has 0 radical (unpaired) electrons. The van der Waals surface area contributed by atoms with Gasteiger partial charge in [0.15, 0.2) is 0 Å². The lowest BCUT2D eigenvalue weighted by Crippen LogP contribution is -2.31. The average Bonchev–Trinajstić information content (AvgIpc) is 2.77. The van der Waals surface area contributed by atoms with Crippen LogP contribution in [0.15, 0.2) is 66.7 Å². The first-order valence-corrected chi connectivity index (χ1v) is 10.9. The quantitative estimate of drug-likeness (QED) is 0.424. The average molecular weight is 437 g/mol. The molecule has 0 fully saturated rings. The largest absolute Gasteiger partial charge is 0.487 e. The fourth-order valence-corrected chi connectivity index (χ4v) is 3.72. The van der Waals surface area contributed by atoms with Crippen LogP contribution in [-0.4, -0.2) is 19.0 Å². The summed E-state index contributed by atoms with van der Waals surface area (Å²) in [7, 11) is 0. The molecule has 3 rings (SSSR count). The Bertz CT molecular complexity index is 1020. The Kier molecular flexibility index (Phi) is 8.10. The lowest BCUT2D eigenvalue weighted by molar-refractivity contribution is -0.118. The molecule has 1 amide bonds. The van der Waals surface area contributed by atoms with Crippen LogP contribution < -0.4 is 15.4 Å². The van der Waals surface area contributed by atoms with Gasteiger partial charge in [-0.3, -0.25) is 4.79 Å². The summed E-state index contributed by atoms with van der Waals surface area (Å²) in [6, 6.07) is 22.6. The predicted molar refractivity (Wildman–Crippen MR) is 128 cm³/mol. The Morgan fingerprint density at radius 2 is 1.81 bits per heavy atom. The summed E-state index contributed by atoms with van der Waals surface area (Å²) < 4.78 is 6.05. The van der Waals surface area contributed by atoms with Crippen molar-refractivity contribution in [2.24, 2.45) is 0 Å². The van der Waals surface area contributed by atoms with Crippen LogP contribution in [0.5, 0.6) is 5.75 Å². The van der Waals surface area contributed by atoms with E-state index in [-0.39, 0.29) is 11.9 Å². The third kappa shape index (κ3) is 6.33. The Morgan fingerprint density at radius 1 is 1.03 bits per heavy atom. The summed E-state index contributed by atoms with van der Waals surface area (Å²) in [5, 5.41) is 6.74. The van der Waals surface area contributed by atoms with Crippen molar-refractivity contribution in [3.8, 4) is 16.9 Å². The maximum absolute atomic E-state index is 10.9. The maximum Gasteiger partial charge on any atom is 0.216 e. The normalized spacial score (nSPS) is 11.7. The third-order valence-electron chi connectivity index (χ3n) is 5.32. The highest BCUT2D eigenvalue weighted by atomic mass is 35.5. The summed E-state index contributed by atoms with van der Waals surface area (Å²) in [5.41, 5.74) is 5.82. The van der Waals surface area contributed by atoms with Gasteiger partial charge in [-0.1, -0.05) is 66.2 Å². The molecule has 0 saturated heterocycles. The van der Waals surface area contributed by atoms with Crippen molar-refractivity contribution in [2.45, 2.75) is 33.4 Å². The van der Waals surface area contributed by atoms with Gasteiger partial charge in [0.2, 0.25) is 5.91 Å². The van der Waals surface area contributed by atoms with Gasteiger partial charge in [-0.2, -0.15) is 0 Å². The zero-order valence-corrected chi connectivity index (χ0v) is 19.0. The van der Waals surface area contributed by atoms with E-state index in [2.05, 4.69) is 66.9 Å². The van der Waals surface area contributed by atoms with Crippen LogP contribution in [0.25, 0.3) is 11.1 Å². The van der Waals surface area contributed by atoms with Gasteiger partial charge in [0.1, 0.15) is 12.4 Å². The summed E-state index contributed by atoms with van der Waals surface area (Å²) in [6.07, 6.45) is 0. The number of amides is 1. The molecule has 2 N–H and O–H groups in total. The van der Waals surface area contributed by atoms with E-state index >= 15 is 0 Å². The molecule has 0 saturated carbocycles. The topological polar surface area (TPSA) is 50.4 Å². The van der Waals surface area contributed by atoms with Crippen LogP contribution in [0.1, 0.15) is 36.6 Å². The molecule has 0 spiro atoms. The first-order valence-electron chi connectivity index (χ1n) is 10.5. The maximum atomic E-state index is 10.9. The molecule has 4 nitrogen and oxygen atoms in total. The van der Waals surface area contributed by atoms with Gasteiger partial charge in [0, 0.05) is 26.1 Å². The second-order valence-electron chi connectivity index (χ2n) is 7.59. The first-order chi connectivity index (χ1) is 15.0. The molecular formula is C26H29ClN2O2. The van der Waals surface area contributed by atoms with Crippen LogP contribution in [0, 0.1) is 6.92 Å². The smallest absolute Gasteiger partial charge is 0.216 e. The standard InChI is InChI=1S/C26H29ClN2O2/c1-18-23(10-7-11-24(18)21-8-5-4-6-9-21)17-31-26-13-12-22(16-25(26)27)19(2)28-14-15-29-20(3)30/h4-13,16,19,28H,14-15,17H2,1-3H3,(H,29,30).